The Kier molecular flexibility index (Phi) is 6.31. The highest BCUT2D eigenvalue weighted by Crippen LogP contribution is 2.58. The van der Waals surface area contributed by atoms with Crippen LogP contribution in [-0.2, 0) is 11.8 Å². The van der Waals surface area contributed by atoms with E-state index in [-0.39, 0.29) is 5.41 Å². The maximum Gasteiger partial charge on any atom is 0.114 e. The molecule has 7 aromatic carbocycles. The van der Waals surface area contributed by atoms with E-state index in [4.69, 9.17) is 4.98 Å². The molecule has 0 N–H and O–H groups in total. The van der Waals surface area contributed by atoms with Gasteiger partial charge >= 0.3 is 0 Å². The van der Waals surface area contributed by atoms with Gasteiger partial charge in [0.15, 0.2) is 0 Å². The lowest BCUT2D eigenvalue weighted by Gasteiger charge is -2.23. The van der Waals surface area contributed by atoms with E-state index in [0.717, 1.165) is 41.1 Å². The molecule has 0 spiro atoms. The average Bonchev–Trinajstić information content (AvgIpc) is 3.90. The Labute approximate surface area is 308 Å². The molecule has 11 rings (SSSR count). The van der Waals surface area contributed by atoms with Gasteiger partial charge in [0.25, 0.3) is 0 Å². The van der Waals surface area contributed by atoms with Crippen LogP contribution in [0.2, 0.25) is 0 Å². The van der Waals surface area contributed by atoms with Crippen molar-refractivity contribution in [2.24, 2.45) is 0 Å². The van der Waals surface area contributed by atoms with Crippen molar-refractivity contribution >= 4 is 54.6 Å². The van der Waals surface area contributed by atoms with Gasteiger partial charge in [0.2, 0.25) is 0 Å². The minimum absolute atomic E-state index is 0.236. The zero-order valence-corrected chi connectivity index (χ0v) is 30.1. The molecule has 1 aliphatic carbocycles. The summed E-state index contributed by atoms with van der Waals surface area (Å²) in [6, 6.07) is 55.6. The minimum Gasteiger partial charge on any atom is -0.309 e. The molecule has 0 aliphatic heterocycles. The first-order valence-electron chi connectivity index (χ1n) is 18.8. The van der Waals surface area contributed by atoms with E-state index in [1.54, 1.807) is 0 Å². The number of hydrogen-bond acceptors (Lipinski definition) is 1. The lowest BCUT2D eigenvalue weighted by Crippen LogP contribution is -2.15. The summed E-state index contributed by atoms with van der Waals surface area (Å²) < 4.78 is 7.51. The Balaban J connectivity index is 1.41. The first kappa shape index (κ1) is 30.3. The third-order valence-corrected chi connectivity index (χ3v) is 11.7. The summed E-state index contributed by atoms with van der Waals surface area (Å²) in [5.74, 6) is 1.09. The summed E-state index contributed by atoms with van der Waals surface area (Å²) in [6.07, 6.45) is 1.91. The van der Waals surface area contributed by atoms with Gasteiger partial charge in [0.05, 0.1) is 44.5 Å². The molecule has 0 bridgehead atoms. The van der Waals surface area contributed by atoms with Gasteiger partial charge in [-0.15, -0.1) is 0 Å². The van der Waals surface area contributed by atoms with Crippen LogP contribution in [0.5, 0.6) is 0 Å². The van der Waals surface area contributed by atoms with Crippen LogP contribution in [-0.4, -0.2) is 18.7 Å². The number of rotatable bonds is 5. The van der Waals surface area contributed by atoms with Crippen molar-refractivity contribution in [1.29, 1.82) is 0 Å². The summed E-state index contributed by atoms with van der Waals surface area (Å²) >= 11 is 0. The largest absolute Gasteiger partial charge is 0.309 e. The Morgan fingerprint density at radius 3 is 1.87 bits per heavy atom. The second kappa shape index (κ2) is 11.1. The average molecular weight is 683 g/mol. The predicted molar refractivity (Wildman–Crippen MR) is 221 cm³/mol. The number of para-hydroxylation sites is 7. The van der Waals surface area contributed by atoms with Crippen molar-refractivity contribution in [1.82, 2.24) is 18.7 Å². The third-order valence-electron chi connectivity index (χ3n) is 11.7. The van der Waals surface area contributed by atoms with Gasteiger partial charge in [0.1, 0.15) is 5.82 Å². The number of nitrogens with zero attached hydrogens (tertiary/aromatic N) is 4. The first-order valence-corrected chi connectivity index (χ1v) is 18.8. The number of imidazole rings is 1. The van der Waals surface area contributed by atoms with Crippen molar-refractivity contribution < 1.29 is 0 Å². The molecule has 0 saturated carbocycles. The number of aryl methyl sites for hydroxylation is 1. The predicted octanol–water partition coefficient (Wildman–Crippen LogP) is 12.5. The highest BCUT2D eigenvalue weighted by atomic mass is 15.1. The Morgan fingerprint density at radius 1 is 0.528 bits per heavy atom. The lowest BCUT2D eigenvalue weighted by atomic mass is 9.80. The molecule has 254 valence electrons. The van der Waals surface area contributed by atoms with Gasteiger partial charge in [-0.3, -0.25) is 4.57 Å². The highest BCUT2D eigenvalue weighted by Gasteiger charge is 2.41. The normalized spacial score (nSPS) is 13.5. The summed E-state index contributed by atoms with van der Waals surface area (Å²) in [5, 5.41) is 5.14. The molecule has 0 saturated heterocycles. The smallest absolute Gasteiger partial charge is 0.114 e. The molecular weight excluding hydrogens is 645 g/mol. The molecule has 0 unspecified atom stereocenters. The standard InChI is InChI=1S/C49H38N4/c1-4-18-42-50-36-25-12-15-28-39(36)52(42)40-29-16-17-30-41(40)53-38-27-14-9-22-33(38)44-46-43(32-21-8-11-24-35(32)49(46,2)3)47-45(48(44)53)34-23-10-13-26-37(34)51(47)31-19-6-5-7-20-31/h5-17,19-30H,4,18H2,1-3H3. The van der Waals surface area contributed by atoms with Gasteiger partial charge < -0.3 is 9.13 Å². The second-order valence-corrected chi connectivity index (χ2v) is 15.0. The number of aromatic nitrogens is 4. The summed E-state index contributed by atoms with van der Waals surface area (Å²) in [5.41, 5.74) is 15.7. The zero-order valence-electron chi connectivity index (χ0n) is 30.1. The number of benzene rings is 7. The summed E-state index contributed by atoms with van der Waals surface area (Å²) in [4.78, 5) is 5.19. The molecule has 10 aromatic rings. The van der Waals surface area contributed by atoms with E-state index in [2.05, 4.69) is 186 Å². The quantitative estimate of drug-likeness (QED) is 0.178. The van der Waals surface area contributed by atoms with Gasteiger partial charge in [0, 0.05) is 44.6 Å². The molecule has 0 radical (unpaired) electrons. The molecule has 0 fully saturated rings. The molecule has 53 heavy (non-hydrogen) atoms. The SMILES string of the molecule is CCCc1nc2ccccc2n1-c1ccccc1-n1c2ccccc2c2c3c(c4c(c5ccccc5n4-c4ccccc4)c21)-c1ccccc1C3(C)C. The Hall–Kier alpha value is -6.39. The van der Waals surface area contributed by atoms with E-state index < -0.39 is 0 Å². The van der Waals surface area contributed by atoms with Crippen LogP contribution < -0.4 is 0 Å². The topological polar surface area (TPSA) is 27.7 Å². The van der Waals surface area contributed by atoms with E-state index in [1.165, 1.54) is 71.6 Å². The molecule has 0 atom stereocenters. The Bertz CT molecular complexity index is 3100. The second-order valence-electron chi connectivity index (χ2n) is 15.0. The van der Waals surface area contributed by atoms with Crippen molar-refractivity contribution in [3.63, 3.8) is 0 Å². The molecule has 4 heteroatoms. The van der Waals surface area contributed by atoms with Gasteiger partial charge in [-0.05, 0) is 71.6 Å². The van der Waals surface area contributed by atoms with Crippen LogP contribution in [0.15, 0.2) is 152 Å². The first-order chi connectivity index (χ1) is 26.1. The third kappa shape index (κ3) is 3.98. The molecule has 3 heterocycles. The number of fused-ring (bicyclic) bond motifs is 13. The van der Waals surface area contributed by atoms with E-state index in [0.29, 0.717) is 0 Å². The van der Waals surface area contributed by atoms with Crippen LogP contribution in [0, 0.1) is 0 Å². The van der Waals surface area contributed by atoms with E-state index >= 15 is 0 Å². The van der Waals surface area contributed by atoms with Crippen LogP contribution >= 0.6 is 0 Å². The number of hydrogen-bond donors (Lipinski definition) is 0. The molecule has 0 amide bonds. The van der Waals surface area contributed by atoms with Crippen molar-refractivity contribution in [2.45, 2.75) is 39.0 Å². The lowest BCUT2D eigenvalue weighted by molar-refractivity contribution is 0.667. The fourth-order valence-electron chi connectivity index (χ4n) is 9.63. The van der Waals surface area contributed by atoms with Crippen LogP contribution in [0.25, 0.3) is 82.8 Å². The maximum absolute atomic E-state index is 5.19. The van der Waals surface area contributed by atoms with E-state index in [1.807, 2.05) is 0 Å². The van der Waals surface area contributed by atoms with Crippen molar-refractivity contribution in [3.8, 4) is 28.2 Å². The fraction of sp³-hybridized carbons (Fsp3) is 0.122. The van der Waals surface area contributed by atoms with Gasteiger partial charge in [-0.1, -0.05) is 124 Å². The Morgan fingerprint density at radius 2 is 1.11 bits per heavy atom. The van der Waals surface area contributed by atoms with Crippen LogP contribution in [0.3, 0.4) is 0 Å². The summed E-state index contributed by atoms with van der Waals surface area (Å²) in [7, 11) is 0. The maximum atomic E-state index is 5.19. The fourth-order valence-corrected chi connectivity index (χ4v) is 9.63. The zero-order chi connectivity index (χ0) is 35.4. The monoisotopic (exact) mass is 682 g/mol. The van der Waals surface area contributed by atoms with Crippen LogP contribution in [0.4, 0.5) is 0 Å². The molecule has 3 aromatic heterocycles. The van der Waals surface area contributed by atoms with Gasteiger partial charge in [-0.25, -0.2) is 4.98 Å². The van der Waals surface area contributed by atoms with Crippen molar-refractivity contribution in [3.05, 3.63) is 169 Å². The van der Waals surface area contributed by atoms with E-state index in [9.17, 15) is 0 Å². The molecule has 4 nitrogen and oxygen atoms in total. The van der Waals surface area contributed by atoms with Crippen LogP contribution in [0.1, 0.15) is 44.1 Å². The minimum atomic E-state index is -0.236. The molecular formula is C49H38N4. The molecule has 1 aliphatic rings. The highest BCUT2D eigenvalue weighted by molar-refractivity contribution is 6.31. The van der Waals surface area contributed by atoms with Gasteiger partial charge in [-0.2, -0.15) is 0 Å². The summed E-state index contributed by atoms with van der Waals surface area (Å²) in [6.45, 7) is 7.09. The van der Waals surface area contributed by atoms with Crippen molar-refractivity contribution in [2.75, 3.05) is 0 Å².